The van der Waals surface area contributed by atoms with Gasteiger partial charge in [-0.2, -0.15) is 0 Å². The van der Waals surface area contributed by atoms with Crippen molar-refractivity contribution < 1.29 is 0 Å². The van der Waals surface area contributed by atoms with E-state index in [2.05, 4.69) is 157 Å². The van der Waals surface area contributed by atoms with Crippen LogP contribution in [0, 0.1) is 0 Å². The first-order chi connectivity index (χ1) is 23.8. The van der Waals surface area contributed by atoms with Gasteiger partial charge in [0.2, 0.25) is 13.4 Å². The van der Waals surface area contributed by atoms with Gasteiger partial charge in [-0.1, -0.05) is 144 Å². The van der Waals surface area contributed by atoms with Crippen molar-refractivity contribution in [3.05, 3.63) is 152 Å². The maximum atomic E-state index is 2.63. The number of anilines is 3. The Morgan fingerprint density at radius 1 is 0.417 bits per heavy atom. The molecule has 1 nitrogen and oxygen atoms in total. The molecule has 0 radical (unpaired) electrons. The Hall–Kier alpha value is -5.57. The minimum Gasteiger partial charge on any atom is -0.304 e. The third kappa shape index (κ3) is 3.06. The van der Waals surface area contributed by atoms with Gasteiger partial charge >= 0.3 is 0 Å². The fraction of sp³-hybridized carbons (Fsp3) is 0. The van der Waals surface area contributed by atoms with E-state index < -0.39 is 0 Å². The summed E-state index contributed by atoms with van der Waals surface area (Å²) < 4.78 is 1.35. The van der Waals surface area contributed by atoms with Gasteiger partial charge in [-0.25, -0.2) is 0 Å². The molecule has 0 saturated heterocycles. The highest BCUT2D eigenvalue weighted by Gasteiger charge is 2.48. The topological polar surface area (TPSA) is 3.24 Å². The second-order valence-corrected chi connectivity index (χ2v) is 14.6. The molecule has 0 bridgehead atoms. The molecule has 218 valence electrons. The van der Waals surface area contributed by atoms with Crippen molar-refractivity contribution in [3.63, 3.8) is 0 Å². The van der Waals surface area contributed by atoms with Crippen molar-refractivity contribution in [3.8, 4) is 11.1 Å². The van der Waals surface area contributed by atoms with E-state index in [1.54, 1.807) is 0 Å². The van der Waals surface area contributed by atoms with Crippen LogP contribution in [0.25, 0.3) is 53.5 Å². The highest BCUT2D eigenvalue weighted by molar-refractivity contribution is 7.26. The van der Waals surface area contributed by atoms with Crippen molar-refractivity contribution in [1.29, 1.82) is 0 Å². The largest absolute Gasteiger partial charge is 0.304 e. The molecule has 0 amide bonds. The minimum absolute atomic E-state index is 0.168. The van der Waals surface area contributed by atoms with Gasteiger partial charge in [-0.15, -0.1) is 11.3 Å². The molecule has 0 saturated carbocycles. The molecule has 0 fully saturated rings. The van der Waals surface area contributed by atoms with Gasteiger partial charge in [0.05, 0.1) is 5.00 Å². The van der Waals surface area contributed by atoms with E-state index in [0.29, 0.717) is 0 Å². The number of benzene rings is 8. The minimum atomic E-state index is 0.168. The zero-order valence-electron chi connectivity index (χ0n) is 25.9. The fourth-order valence-electron chi connectivity index (χ4n) is 9.48. The molecule has 4 heterocycles. The first-order valence-corrected chi connectivity index (χ1v) is 17.7. The predicted octanol–water partition coefficient (Wildman–Crippen LogP) is 7.47. The van der Waals surface area contributed by atoms with E-state index >= 15 is 0 Å². The van der Waals surface area contributed by atoms with E-state index in [1.165, 1.54) is 103 Å². The van der Waals surface area contributed by atoms with Crippen LogP contribution in [-0.2, 0) is 0 Å². The summed E-state index contributed by atoms with van der Waals surface area (Å²) in [6.45, 7) is 0.348. The van der Waals surface area contributed by atoms with Gasteiger partial charge in [0.1, 0.15) is 0 Å². The van der Waals surface area contributed by atoms with Crippen LogP contribution in [0.3, 0.4) is 0 Å². The lowest BCUT2D eigenvalue weighted by atomic mass is 9.31. The monoisotopic (exact) mass is 621 g/mol. The number of thiophene rings is 1. The normalized spacial score (nSPS) is 13.7. The number of hydrogen-bond donors (Lipinski definition) is 0. The van der Waals surface area contributed by atoms with E-state index in [4.69, 9.17) is 0 Å². The molecule has 0 atom stereocenters. The van der Waals surface area contributed by atoms with Crippen LogP contribution in [0.5, 0.6) is 0 Å². The van der Waals surface area contributed by atoms with Crippen molar-refractivity contribution >= 4 is 116 Å². The number of nitrogens with zero attached hydrogens (tertiary/aromatic N) is 1. The van der Waals surface area contributed by atoms with Crippen molar-refractivity contribution in [2.24, 2.45) is 0 Å². The van der Waals surface area contributed by atoms with Crippen LogP contribution in [0.15, 0.2) is 152 Å². The maximum absolute atomic E-state index is 2.63. The van der Waals surface area contributed by atoms with Crippen LogP contribution in [0.1, 0.15) is 0 Å². The van der Waals surface area contributed by atoms with Crippen molar-refractivity contribution in [2.45, 2.75) is 0 Å². The maximum Gasteiger partial charge on any atom is 0.248 e. The van der Waals surface area contributed by atoms with Gasteiger partial charge in [0.25, 0.3) is 0 Å². The van der Waals surface area contributed by atoms with Crippen LogP contribution < -0.4 is 37.7 Å². The Labute approximate surface area is 282 Å². The molecule has 0 N–H and O–H groups in total. The number of hydrogen-bond acceptors (Lipinski definition) is 2. The Bertz CT molecular complexity index is 2870. The van der Waals surface area contributed by atoms with E-state index in [0.717, 1.165) is 0 Å². The van der Waals surface area contributed by atoms with Crippen LogP contribution in [-0.4, -0.2) is 13.4 Å². The Morgan fingerprint density at radius 2 is 1.02 bits per heavy atom. The molecule has 0 aliphatic carbocycles. The first kappa shape index (κ1) is 25.5. The lowest BCUT2D eigenvalue weighted by molar-refractivity contribution is 1.34. The summed E-state index contributed by atoms with van der Waals surface area (Å²) in [5, 5.41) is 10.7. The summed E-state index contributed by atoms with van der Waals surface area (Å²) in [5.74, 6) is 0. The lowest BCUT2D eigenvalue weighted by Gasteiger charge is -2.41. The molecule has 3 aliphatic rings. The van der Waals surface area contributed by atoms with Crippen molar-refractivity contribution in [1.82, 2.24) is 0 Å². The molecule has 3 aliphatic heterocycles. The van der Waals surface area contributed by atoms with Gasteiger partial charge in [0, 0.05) is 16.1 Å². The molecule has 8 aromatic carbocycles. The zero-order valence-corrected chi connectivity index (χ0v) is 26.8. The van der Waals surface area contributed by atoms with Crippen molar-refractivity contribution in [2.75, 3.05) is 4.90 Å². The summed E-state index contributed by atoms with van der Waals surface area (Å²) in [6, 6.07) is 57.3. The highest BCUT2D eigenvalue weighted by atomic mass is 32.1. The summed E-state index contributed by atoms with van der Waals surface area (Å²) in [6.07, 6.45) is 0. The summed E-state index contributed by atoms with van der Waals surface area (Å²) in [5.41, 5.74) is 13.9. The SMILES string of the molecule is c1ccc(B2c3cccc4c3N(c3cccc5c3B4c3cc4c6ccccc6c6ccccc6c4cc3-5)c3sc4ccccc4c32)cc1. The molecule has 12 rings (SSSR count). The quantitative estimate of drug-likeness (QED) is 0.136. The molecular formula is C44H25B2NS. The standard InChI is InChI=1S/C44H25B2NS/c1-2-12-26(13-3-1)45-36-20-11-21-37-43(36)47(44-42(45)32-18-8-9-23-40(32)48-44)39-22-10-19-31-35-24-33-29-16-6-4-14-27(29)28-15-5-7-17-30(28)34(33)25-38(35)46(37)41(31)39/h1-25H. The number of fused-ring (bicyclic) bond motifs is 15. The van der Waals surface area contributed by atoms with E-state index in [9.17, 15) is 0 Å². The summed E-state index contributed by atoms with van der Waals surface area (Å²) in [4.78, 5) is 2.63. The van der Waals surface area contributed by atoms with Crippen LogP contribution in [0.4, 0.5) is 16.4 Å². The first-order valence-electron chi connectivity index (χ1n) is 16.8. The molecule has 9 aromatic rings. The number of para-hydroxylation sites is 1. The molecule has 4 heteroatoms. The van der Waals surface area contributed by atoms with Crippen LogP contribution in [0.2, 0.25) is 0 Å². The molecular weight excluding hydrogens is 596 g/mol. The molecule has 0 unspecified atom stereocenters. The summed E-state index contributed by atoms with van der Waals surface area (Å²) in [7, 11) is 0. The van der Waals surface area contributed by atoms with Crippen LogP contribution >= 0.6 is 11.3 Å². The molecule has 48 heavy (non-hydrogen) atoms. The molecule has 1 aromatic heterocycles. The second-order valence-electron chi connectivity index (χ2n) is 13.5. The predicted molar refractivity (Wildman–Crippen MR) is 210 cm³/mol. The smallest absolute Gasteiger partial charge is 0.248 e. The molecule has 0 spiro atoms. The summed E-state index contributed by atoms with van der Waals surface area (Å²) >= 11 is 1.94. The van der Waals surface area contributed by atoms with Gasteiger partial charge in [-0.05, 0) is 88.9 Å². The Balaban J connectivity index is 1.21. The van der Waals surface area contributed by atoms with E-state index in [-0.39, 0.29) is 13.4 Å². The fourth-order valence-corrected chi connectivity index (χ4v) is 10.7. The Kier molecular flexibility index (Phi) is 4.82. The average Bonchev–Trinajstić information content (AvgIpc) is 3.69. The van der Waals surface area contributed by atoms with Gasteiger partial charge in [-0.3, -0.25) is 0 Å². The zero-order chi connectivity index (χ0) is 31.1. The highest BCUT2D eigenvalue weighted by Crippen LogP contribution is 2.46. The van der Waals surface area contributed by atoms with Gasteiger partial charge in [0.15, 0.2) is 0 Å². The number of rotatable bonds is 1. The van der Waals surface area contributed by atoms with E-state index in [1.807, 2.05) is 11.3 Å². The Morgan fingerprint density at radius 3 is 1.77 bits per heavy atom. The third-order valence-corrected chi connectivity index (χ3v) is 12.5. The average molecular weight is 621 g/mol. The third-order valence-electron chi connectivity index (χ3n) is 11.3. The van der Waals surface area contributed by atoms with Gasteiger partial charge < -0.3 is 4.90 Å². The second kappa shape index (κ2) is 9.07. The lowest BCUT2D eigenvalue weighted by Crippen LogP contribution is -2.63.